The molecule has 0 atom stereocenters. The lowest BCUT2D eigenvalue weighted by atomic mass is 10.1. The Hall–Kier alpha value is -3.75. The molecule has 8 heteroatoms. The first kappa shape index (κ1) is 23.0. The van der Waals surface area contributed by atoms with Crippen LogP contribution >= 0.6 is 24.0 Å². The molecular formula is C27H21N3O3S2. The van der Waals surface area contributed by atoms with Crippen LogP contribution in [0.1, 0.15) is 22.3 Å². The van der Waals surface area contributed by atoms with Crippen molar-refractivity contribution >= 4 is 45.9 Å². The number of carbonyl (C=O) groups is 1. The van der Waals surface area contributed by atoms with Gasteiger partial charge >= 0.3 is 0 Å². The molecule has 174 valence electrons. The summed E-state index contributed by atoms with van der Waals surface area (Å²) in [5, 5.41) is 0. The summed E-state index contributed by atoms with van der Waals surface area (Å²) in [7, 11) is 0. The number of amides is 1. The number of ether oxygens (including phenoxy) is 1. The van der Waals surface area contributed by atoms with Gasteiger partial charge < -0.3 is 4.74 Å². The lowest BCUT2D eigenvalue weighted by Crippen LogP contribution is -2.27. The number of rotatable bonds is 5. The largest absolute Gasteiger partial charge is 0.438 e. The van der Waals surface area contributed by atoms with Gasteiger partial charge in [-0.15, -0.1) is 0 Å². The van der Waals surface area contributed by atoms with Gasteiger partial charge in [0.1, 0.15) is 21.3 Å². The summed E-state index contributed by atoms with van der Waals surface area (Å²) in [4.78, 5) is 33.2. The number of pyridine rings is 1. The van der Waals surface area contributed by atoms with E-state index in [1.165, 1.54) is 22.2 Å². The highest BCUT2D eigenvalue weighted by atomic mass is 32.2. The van der Waals surface area contributed by atoms with Crippen LogP contribution in [0, 0.1) is 13.8 Å². The van der Waals surface area contributed by atoms with E-state index in [0.29, 0.717) is 27.2 Å². The number of fused-ring (bicyclic) bond motifs is 1. The fourth-order valence-electron chi connectivity index (χ4n) is 3.70. The highest BCUT2D eigenvalue weighted by Gasteiger charge is 2.33. The number of thiocarbonyl (C=S) groups is 1. The van der Waals surface area contributed by atoms with Crippen molar-refractivity contribution in [2.45, 2.75) is 20.4 Å². The van der Waals surface area contributed by atoms with E-state index in [9.17, 15) is 9.59 Å². The van der Waals surface area contributed by atoms with Crippen molar-refractivity contribution in [3.05, 3.63) is 110 Å². The number of benzene rings is 2. The normalized spacial score (nSPS) is 14.8. The van der Waals surface area contributed by atoms with Gasteiger partial charge in [-0.2, -0.15) is 4.98 Å². The van der Waals surface area contributed by atoms with Crippen LogP contribution in [-0.2, 0) is 11.3 Å². The van der Waals surface area contributed by atoms with Gasteiger partial charge in [-0.25, -0.2) is 0 Å². The van der Waals surface area contributed by atoms with Gasteiger partial charge in [-0.3, -0.25) is 18.9 Å². The molecule has 6 nitrogen and oxygen atoms in total. The molecule has 35 heavy (non-hydrogen) atoms. The number of thioether (sulfide) groups is 1. The lowest BCUT2D eigenvalue weighted by Gasteiger charge is -2.14. The van der Waals surface area contributed by atoms with Gasteiger partial charge in [-0.05, 0) is 49.2 Å². The van der Waals surface area contributed by atoms with Crippen LogP contribution in [0.2, 0.25) is 0 Å². The maximum Gasteiger partial charge on any atom is 0.269 e. The van der Waals surface area contributed by atoms with E-state index in [4.69, 9.17) is 17.0 Å². The SMILES string of the molecule is Cc1ccc(CN2C(=O)/C(=C\c3c(Oc4ccccc4C)nc4ccccn4c3=O)SC2=S)cc1. The van der Waals surface area contributed by atoms with Crippen LogP contribution in [0.3, 0.4) is 0 Å². The Kier molecular flexibility index (Phi) is 6.23. The molecule has 1 saturated heterocycles. The van der Waals surface area contributed by atoms with Crippen molar-refractivity contribution in [3.8, 4) is 11.6 Å². The lowest BCUT2D eigenvalue weighted by molar-refractivity contribution is -0.122. The summed E-state index contributed by atoms with van der Waals surface area (Å²) < 4.78 is 7.98. The zero-order valence-corrected chi connectivity index (χ0v) is 20.7. The first-order valence-corrected chi connectivity index (χ1v) is 12.2. The van der Waals surface area contributed by atoms with Crippen LogP contribution in [0.25, 0.3) is 11.7 Å². The molecule has 2 aromatic heterocycles. The quantitative estimate of drug-likeness (QED) is 0.267. The zero-order valence-electron chi connectivity index (χ0n) is 19.1. The molecule has 0 radical (unpaired) electrons. The fourth-order valence-corrected chi connectivity index (χ4v) is 4.94. The fraction of sp³-hybridized carbons (Fsp3) is 0.111. The number of hydrogen-bond donors (Lipinski definition) is 0. The molecule has 0 aliphatic carbocycles. The average Bonchev–Trinajstić information content (AvgIpc) is 3.11. The van der Waals surface area contributed by atoms with E-state index >= 15 is 0 Å². The van der Waals surface area contributed by atoms with Crippen molar-refractivity contribution in [2.24, 2.45) is 0 Å². The molecule has 1 amide bonds. The Balaban J connectivity index is 1.56. The molecule has 4 aromatic rings. The Morgan fingerprint density at radius 2 is 1.74 bits per heavy atom. The molecule has 1 fully saturated rings. The molecule has 3 heterocycles. The van der Waals surface area contributed by atoms with E-state index < -0.39 is 0 Å². The molecule has 0 unspecified atom stereocenters. The molecule has 0 saturated carbocycles. The number of aryl methyl sites for hydroxylation is 2. The predicted octanol–water partition coefficient (Wildman–Crippen LogP) is 5.51. The topological polar surface area (TPSA) is 63.9 Å². The molecule has 1 aliphatic rings. The van der Waals surface area contributed by atoms with E-state index in [0.717, 1.165) is 16.7 Å². The Morgan fingerprint density at radius 3 is 2.51 bits per heavy atom. The number of hydrogen-bond acceptors (Lipinski definition) is 6. The van der Waals surface area contributed by atoms with E-state index in [1.807, 2.05) is 62.4 Å². The number of carbonyl (C=O) groups excluding carboxylic acids is 1. The number of nitrogens with zero attached hydrogens (tertiary/aromatic N) is 3. The first-order valence-electron chi connectivity index (χ1n) is 11.0. The first-order chi connectivity index (χ1) is 16.9. The zero-order chi connectivity index (χ0) is 24.5. The smallest absolute Gasteiger partial charge is 0.269 e. The molecule has 5 rings (SSSR count). The Morgan fingerprint density at radius 1 is 1.00 bits per heavy atom. The molecule has 1 aliphatic heterocycles. The third-order valence-electron chi connectivity index (χ3n) is 5.64. The second kappa shape index (κ2) is 9.48. The highest BCUT2D eigenvalue weighted by Crippen LogP contribution is 2.35. The van der Waals surface area contributed by atoms with E-state index in [-0.39, 0.29) is 22.9 Å². The van der Waals surface area contributed by atoms with Gasteiger partial charge in [0.2, 0.25) is 5.88 Å². The van der Waals surface area contributed by atoms with Crippen LogP contribution in [-0.4, -0.2) is 24.5 Å². The van der Waals surface area contributed by atoms with E-state index in [2.05, 4.69) is 4.98 Å². The standard InChI is InChI=1S/C27H21N3O3S2/c1-17-10-12-19(13-11-17)16-30-26(32)22(35-27(30)34)15-20-24(33-21-8-4-3-7-18(21)2)28-23-9-5-6-14-29(23)25(20)31/h3-15H,16H2,1-2H3/b22-15+. The van der Waals surface area contributed by atoms with Crippen molar-refractivity contribution in [1.29, 1.82) is 0 Å². The van der Waals surface area contributed by atoms with Crippen molar-refractivity contribution in [3.63, 3.8) is 0 Å². The minimum atomic E-state index is -0.331. The number of aromatic nitrogens is 2. The van der Waals surface area contributed by atoms with E-state index in [1.54, 1.807) is 29.3 Å². The van der Waals surface area contributed by atoms with Crippen molar-refractivity contribution in [1.82, 2.24) is 14.3 Å². The molecular weight excluding hydrogens is 478 g/mol. The van der Waals surface area contributed by atoms with Gasteiger partial charge in [0.05, 0.1) is 11.4 Å². The number of para-hydroxylation sites is 1. The van der Waals surface area contributed by atoms with Crippen LogP contribution < -0.4 is 10.3 Å². The maximum absolute atomic E-state index is 13.4. The second-order valence-corrected chi connectivity index (χ2v) is 9.86. The summed E-state index contributed by atoms with van der Waals surface area (Å²) >= 11 is 6.67. The Bertz CT molecular complexity index is 1560. The monoisotopic (exact) mass is 499 g/mol. The average molecular weight is 500 g/mol. The summed E-state index contributed by atoms with van der Waals surface area (Å²) in [6.45, 7) is 4.29. The summed E-state index contributed by atoms with van der Waals surface area (Å²) in [5.74, 6) is 0.473. The molecule has 0 N–H and O–H groups in total. The predicted molar refractivity (Wildman–Crippen MR) is 143 cm³/mol. The molecule has 0 spiro atoms. The highest BCUT2D eigenvalue weighted by molar-refractivity contribution is 8.26. The van der Waals surface area contributed by atoms with Gasteiger partial charge in [0.25, 0.3) is 11.5 Å². The van der Waals surface area contributed by atoms with Crippen LogP contribution in [0.15, 0.2) is 82.6 Å². The van der Waals surface area contributed by atoms with Gasteiger partial charge in [0, 0.05) is 6.20 Å². The molecule has 0 bridgehead atoms. The minimum absolute atomic E-state index is 0.138. The van der Waals surface area contributed by atoms with Crippen LogP contribution in [0.5, 0.6) is 11.6 Å². The summed E-state index contributed by atoms with van der Waals surface area (Å²) in [6, 6.07) is 20.7. The summed E-state index contributed by atoms with van der Waals surface area (Å²) in [6.07, 6.45) is 3.18. The third-order valence-corrected chi connectivity index (χ3v) is 7.02. The minimum Gasteiger partial charge on any atom is -0.438 e. The van der Waals surface area contributed by atoms with Gasteiger partial charge in [-0.1, -0.05) is 78.1 Å². The summed E-state index contributed by atoms with van der Waals surface area (Å²) in [5.41, 5.74) is 3.33. The van der Waals surface area contributed by atoms with Crippen molar-refractivity contribution in [2.75, 3.05) is 0 Å². The van der Waals surface area contributed by atoms with Crippen LogP contribution in [0.4, 0.5) is 0 Å². The maximum atomic E-state index is 13.4. The third kappa shape index (κ3) is 4.62. The molecule has 2 aromatic carbocycles. The second-order valence-electron chi connectivity index (χ2n) is 8.19. The van der Waals surface area contributed by atoms with Gasteiger partial charge in [0.15, 0.2) is 0 Å². The Labute approximate surface area is 211 Å². The van der Waals surface area contributed by atoms with Crippen molar-refractivity contribution < 1.29 is 9.53 Å².